The van der Waals surface area contributed by atoms with Crippen molar-refractivity contribution in [2.75, 3.05) is 31.6 Å². The largest absolute Gasteiger partial charge is 0.573 e. The summed E-state index contributed by atoms with van der Waals surface area (Å²) in [5.74, 6) is -4.49. The maximum absolute atomic E-state index is 13.8. The molecule has 10 nitrogen and oxygen atoms in total. The van der Waals surface area contributed by atoms with Gasteiger partial charge >= 0.3 is 6.36 Å². The van der Waals surface area contributed by atoms with Gasteiger partial charge in [-0.15, -0.1) is 13.2 Å². The predicted molar refractivity (Wildman–Crippen MR) is 126 cm³/mol. The van der Waals surface area contributed by atoms with Gasteiger partial charge in [0.1, 0.15) is 0 Å². The summed E-state index contributed by atoms with van der Waals surface area (Å²) in [5.41, 5.74) is 2.43. The van der Waals surface area contributed by atoms with Gasteiger partial charge in [0.25, 0.3) is 5.88 Å². The lowest BCUT2D eigenvalue weighted by atomic mass is 10.2. The van der Waals surface area contributed by atoms with Gasteiger partial charge in [0.05, 0.1) is 30.2 Å². The van der Waals surface area contributed by atoms with E-state index in [9.17, 15) is 27.1 Å². The van der Waals surface area contributed by atoms with Crippen LogP contribution in [0.15, 0.2) is 36.7 Å². The lowest BCUT2D eigenvalue weighted by molar-refractivity contribution is -0.276. The van der Waals surface area contributed by atoms with Crippen molar-refractivity contribution in [3.63, 3.8) is 0 Å². The highest BCUT2D eigenvalue weighted by Gasteiger charge is 2.34. The molecule has 0 radical (unpaired) electrons. The average molecular weight is 541 g/mol. The van der Waals surface area contributed by atoms with Crippen LogP contribution >= 0.6 is 0 Å². The van der Waals surface area contributed by atoms with Gasteiger partial charge in [-0.2, -0.15) is 5.10 Å². The molecular weight excluding hydrogens is 517 g/mol. The third-order valence-electron chi connectivity index (χ3n) is 5.35. The summed E-state index contributed by atoms with van der Waals surface area (Å²) in [6, 6.07) is 5.29. The summed E-state index contributed by atoms with van der Waals surface area (Å²) >= 11 is 0. The fraction of sp³-hybridized carbons (Fsp3) is 0.348. The number of H-pyrrole nitrogens is 1. The SMILES string of the molecule is Oc1cn(-c2cc(NCCOCCCCNCc3cc(F)c(OC(F)(F)F)c(F)c3)c3cn[nH]c3c2)nn1. The van der Waals surface area contributed by atoms with Crippen LogP contribution in [0.3, 0.4) is 0 Å². The fourth-order valence-electron chi connectivity index (χ4n) is 3.67. The number of nitrogens with zero attached hydrogens (tertiary/aromatic N) is 4. The number of fused-ring (bicyclic) bond motifs is 1. The van der Waals surface area contributed by atoms with Gasteiger partial charge < -0.3 is 25.2 Å². The Bertz CT molecular complexity index is 1340. The molecule has 0 atom stereocenters. The summed E-state index contributed by atoms with van der Waals surface area (Å²) in [6.45, 7) is 2.06. The van der Waals surface area contributed by atoms with Gasteiger partial charge in [-0.3, -0.25) is 5.10 Å². The van der Waals surface area contributed by atoms with Crippen molar-refractivity contribution in [2.45, 2.75) is 25.7 Å². The molecule has 2 aromatic carbocycles. The molecule has 0 aliphatic heterocycles. The lowest BCUT2D eigenvalue weighted by Gasteiger charge is -2.12. The summed E-state index contributed by atoms with van der Waals surface area (Å²) < 4.78 is 74.6. The molecule has 4 N–H and O–H groups in total. The molecule has 2 heterocycles. The highest BCUT2D eigenvalue weighted by atomic mass is 19.4. The molecule has 0 saturated heterocycles. The standard InChI is InChI=1S/C23H24F5N7O3/c24-17-7-14(8-18(25)22(17)38-23(26,27)28)11-29-3-1-2-5-37-6-4-30-19-9-15(35-13-21(36)33-34-35)10-20-16(19)12-31-32-20/h7-10,12-13,29-30,36H,1-6,11H2,(H,31,32). The zero-order valence-corrected chi connectivity index (χ0v) is 19.9. The third-order valence-corrected chi connectivity index (χ3v) is 5.35. The molecule has 0 unspecified atom stereocenters. The smallest absolute Gasteiger partial charge is 0.491 e. The van der Waals surface area contributed by atoms with E-state index in [0.29, 0.717) is 32.0 Å². The molecule has 38 heavy (non-hydrogen) atoms. The molecule has 15 heteroatoms. The maximum atomic E-state index is 13.8. The first-order valence-corrected chi connectivity index (χ1v) is 11.5. The van der Waals surface area contributed by atoms with Gasteiger partial charge in [0.2, 0.25) is 5.75 Å². The zero-order valence-electron chi connectivity index (χ0n) is 19.9. The summed E-state index contributed by atoms with van der Waals surface area (Å²) in [4.78, 5) is 0. The number of rotatable bonds is 13. The van der Waals surface area contributed by atoms with Crippen LogP contribution < -0.4 is 15.4 Å². The number of aromatic hydroxyl groups is 1. The van der Waals surface area contributed by atoms with Crippen molar-refractivity contribution in [3.8, 4) is 17.3 Å². The van der Waals surface area contributed by atoms with E-state index < -0.39 is 23.7 Å². The van der Waals surface area contributed by atoms with Crippen molar-refractivity contribution in [2.24, 2.45) is 0 Å². The van der Waals surface area contributed by atoms with E-state index >= 15 is 0 Å². The van der Waals surface area contributed by atoms with Crippen LogP contribution in [0, 0.1) is 11.6 Å². The van der Waals surface area contributed by atoms with Crippen molar-refractivity contribution >= 4 is 16.6 Å². The molecule has 0 fully saturated rings. The van der Waals surface area contributed by atoms with Gasteiger partial charge in [0.15, 0.2) is 11.6 Å². The van der Waals surface area contributed by atoms with Crippen molar-refractivity contribution in [3.05, 3.63) is 53.9 Å². The Labute approximate surface area is 212 Å². The highest BCUT2D eigenvalue weighted by Crippen LogP contribution is 2.29. The Morgan fingerprint density at radius 2 is 1.82 bits per heavy atom. The molecule has 0 bridgehead atoms. The van der Waals surface area contributed by atoms with E-state index in [-0.39, 0.29) is 18.0 Å². The minimum absolute atomic E-state index is 0.0840. The normalized spacial score (nSPS) is 11.8. The molecule has 204 valence electrons. The van der Waals surface area contributed by atoms with E-state index in [1.165, 1.54) is 10.9 Å². The highest BCUT2D eigenvalue weighted by molar-refractivity contribution is 5.93. The van der Waals surface area contributed by atoms with Crippen molar-refractivity contribution < 1.29 is 36.5 Å². The van der Waals surface area contributed by atoms with Crippen molar-refractivity contribution in [1.29, 1.82) is 0 Å². The molecule has 0 saturated carbocycles. The van der Waals surface area contributed by atoms with E-state index in [1.807, 2.05) is 12.1 Å². The number of alkyl halides is 3. The zero-order chi connectivity index (χ0) is 27.1. The molecule has 0 aliphatic carbocycles. The number of anilines is 1. The molecule has 0 amide bonds. The Balaban J connectivity index is 1.13. The van der Waals surface area contributed by atoms with Crippen LogP contribution in [-0.4, -0.2) is 63.0 Å². The number of halogens is 5. The Kier molecular flexibility index (Phi) is 8.58. The Hall–Kier alpha value is -3.98. The van der Waals surface area contributed by atoms with E-state index in [2.05, 4.69) is 35.9 Å². The number of ether oxygens (including phenoxy) is 2. The van der Waals surface area contributed by atoms with Crippen LogP contribution in [0.1, 0.15) is 18.4 Å². The minimum Gasteiger partial charge on any atom is -0.491 e. The number of unbranched alkanes of at least 4 members (excludes halogenated alkanes) is 1. The first-order chi connectivity index (χ1) is 18.2. The summed E-state index contributed by atoms with van der Waals surface area (Å²) in [5, 5.41) is 31.0. The lowest BCUT2D eigenvalue weighted by Crippen LogP contribution is -2.20. The summed E-state index contributed by atoms with van der Waals surface area (Å²) in [6.07, 6.45) is -0.650. The van der Waals surface area contributed by atoms with Crippen molar-refractivity contribution in [1.82, 2.24) is 30.5 Å². The van der Waals surface area contributed by atoms with Crippen LogP contribution in [0.4, 0.5) is 27.6 Å². The number of benzene rings is 2. The van der Waals surface area contributed by atoms with Crippen LogP contribution in [0.25, 0.3) is 16.6 Å². The topological polar surface area (TPSA) is 122 Å². The van der Waals surface area contributed by atoms with Crippen LogP contribution in [0.5, 0.6) is 11.6 Å². The fourth-order valence-corrected chi connectivity index (χ4v) is 3.67. The molecule has 2 aromatic heterocycles. The first-order valence-electron chi connectivity index (χ1n) is 11.5. The monoisotopic (exact) mass is 541 g/mol. The quantitative estimate of drug-likeness (QED) is 0.148. The predicted octanol–water partition coefficient (Wildman–Crippen LogP) is 4.02. The number of hydrogen-bond donors (Lipinski definition) is 4. The second-order valence-corrected chi connectivity index (χ2v) is 8.21. The number of aromatic nitrogens is 5. The molecule has 0 aliphatic rings. The van der Waals surface area contributed by atoms with E-state index in [0.717, 1.165) is 41.6 Å². The number of aromatic amines is 1. The van der Waals surface area contributed by atoms with Gasteiger partial charge in [-0.1, -0.05) is 10.3 Å². The molecule has 4 aromatic rings. The minimum atomic E-state index is -5.18. The Morgan fingerprint density at radius 3 is 2.53 bits per heavy atom. The molecular formula is C23H24F5N7O3. The number of nitrogens with one attached hydrogen (secondary N) is 3. The second kappa shape index (κ2) is 12.0. The first kappa shape index (κ1) is 27.1. The van der Waals surface area contributed by atoms with Gasteiger partial charge in [-0.25, -0.2) is 13.5 Å². The van der Waals surface area contributed by atoms with Crippen LogP contribution in [0.2, 0.25) is 0 Å². The average Bonchev–Trinajstić information content (AvgIpc) is 3.51. The third kappa shape index (κ3) is 7.29. The second-order valence-electron chi connectivity index (χ2n) is 8.21. The van der Waals surface area contributed by atoms with Gasteiger partial charge in [0, 0.05) is 30.8 Å². The van der Waals surface area contributed by atoms with E-state index in [1.54, 1.807) is 6.20 Å². The van der Waals surface area contributed by atoms with Crippen LogP contribution in [-0.2, 0) is 11.3 Å². The molecule has 0 spiro atoms. The molecule has 4 rings (SSSR count). The van der Waals surface area contributed by atoms with E-state index in [4.69, 9.17) is 4.74 Å². The Morgan fingerprint density at radius 1 is 1.03 bits per heavy atom. The van der Waals surface area contributed by atoms with Gasteiger partial charge in [-0.05, 0) is 49.2 Å². The maximum Gasteiger partial charge on any atom is 0.573 e. The summed E-state index contributed by atoms with van der Waals surface area (Å²) in [7, 11) is 0. The number of hydrogen-bond acceptors (Lipinski definition) is 8.